The molecule has 0 fully saturated rings. The summed E-state index contributed by atoms with van der Waals surface area (Å²) in [5.74, 6) is -0.915. The number of benzene rings is 4. The Morgan fingerprint density at radius 1 is 0.439 bits per heavy atom. The van der Waals surface area contributed by atoms with Crippen LogP contribution in [0, 0.1) is 40.5 Å². The van der Waals surface area contributed by atoms with E-state index in [4.69, 9.17) is 5.48 Å². The van der Waals surface area contributed by atoms with Crippen molar-refractivity contribution in [1.29, 1.82) is 0 Å². The van der Waals surface area contributed by atoms with Gasteiger partial charge in [0.25, 0.3) is 0 Å². The molecule has 4 aromatic carbocycles. The van der Waals surface area contributed by atoms with Crippen LogP contribution in [0.3, 0.4) is 0 Å². The summed E-state index contributed by atoms with van der Waals surface area (Å²) in [5, 5.41) is 0. The molecule has 340 valence electrons. The zero-order valence-corrected chi connectivity index (χ0v) is 41.9. The highest BCUT2D eigenvalue weighted by Crippen LogP contribution is 2.25. The van der Waals surface area contributed by atoms with E-state index < -0.39 is 12.7 Å². The van der Waals surface area contributed by atoms with Crippen molar-refractivity contribution in [3.63, 3.8) is 0 Å². The lowest BCUT2D eigenvalue weighted by molar-refractivity contribution is -0.660. The van der Waals surface area contributed by atoms with Gasteiger partial charge in [-0.05, 0) is 141 Å². The fraction of sp³-hybridized carbons (Fsp3) is 0.290. The van der Waals surface area contributed by atoms with Crippen molar-refractivity contribution in [2.75, 3.05) is 0 Å². The highest BCUT2D eigenvalue weighted by molar-refractivity contribution is 5.64. The quantitative estimate of drug-likeness (QED) is 0.135. The molecule has 4 aromatic heterocycles. The third-order valence-electron chi connectivity index (χ3n) is 12.0. The molecule has 0 saturated carbocycles. The number of aryl methyl sites for hydroxylation is 10. The normalized spacial score (nSPS) is 12.6. The van der Waals surface area contributed by atoms with E-state index in [0.29, 0.717) is 11.5 Å². The highest BCUT2D eigenvalue weighted by atomic mass is 14.9. The van der Waals surface area contributed by atoms with Gasteiger partial charge in [-0.15, -0.1) is 0 Å². The van der Waals surface area contributed by atoms with E-state index in [1.54, 1.807) is 6.07 Å². The molecule has 0 radical (unpaired) electrons. The van der Waals surface area contributed by atoms with Gasteiger partial charge in [-0.2, -0.15) is 0 Å². The van der Waals surface area contributed by atoms with E-state index in [1.165, 1.54) is 74.1 Å². The van der Waals surface area contributed by atoms with Crippen molar-refractivity contribution in [3.8, 4) is 45.0 Å². The van der Waals surface area contributed by atoms with Crippen molar-refractivity contribution < 1.29 is 23.8 Å². The predicted octanol–water partition coefficient (Wildman–Crippen LogP) is 13.1. The SMILES string of the molecule is CCc1ccc(-c2cccc[n+]2C)c(C)c1.Cc1cc(CC(C)C)ccc1-c1cccc[n+]1C.Cc1ccc(-c2cccc[n+]2C)c(C)c1.[2H]C([2H])([2H])C([2H])(C)c1cc[n+](C)c(-c2ccccc2C)c1. The van der Waals surface area contributed by atoms with Gasteiger partial charge in [0.15, 0.2) is 24.8 Å². The topological polar surface area (TPSA) is 15.5 Å². The third kappa shape index (κ3) is 13.7. The van der Waals surface area contributed by atoms with Gasteiger partial charge < -0.3 is 0 Å². The van der Waals surface area contributed by atoms with E-state index in [2.05, 4.69) is 205 Å². The zero-order valence-electron chi connectivity index (χ0n) is 45.9. The minimum atomic E-state index is -2.37. The lowest BCUT2D eigenvalue weighted by Crippen LogP contribution is -2.30. The summed E-state index contributed by atoms with van der Waals surface area (Å²) >= 11 is 0. The van der Waals surface area contributed by atoms with Gasteiger partial charge in [0, 0.05) is 76.3 Å². The molecule has 0 saturated heterocycles. The van der Waals surface area contributed by atoms with Crippen LogP contribution in [-0.4, -0.2) is 0 Å². The van der Waals surface area contributed by atoms with Gasteiger partial charge >= 0.3 is 0 Å². The van der Waals surface area contributed by atoms with E-state index >= 15 is 0 Å². The highest BCUT2D eigenvalue weighted by Gasteiger charge is 2.15. The summed E-state index contributed by atoms with van der Waals surface area (Å²) in [4.78, 5) is 0. The fourth-order valence-corrected chi connectivity index (χ4v) is 8.29. The molecule has 1 atom stereocenters. The molecule has 0 aliphatic carbocycles. The molecular formula is C62H76N4+4. The average Bonchev–Trinajstić information content (AvgIpc) is 3.30. The van der Waals surface area contributed by atoms with Crippen LogP contribution in [0.15, 0.2) is 170 Å². The predicted molar refractivity (Wildman–Crippen MR) is 278 cm³/mol. The monoisotopic (exact) mass is 881 g/mol. The fourth-order valence-electron chi connectivity index (χ4n) is 8.29. The molecule has 1 unspecified atom stereocenters. The Hall–Kier alpha value is -6.52. The number of nitrogens with zero attached hydrogens (tertiary/aromatic N) is 4. The van der Waals surface area contributed by atoms with Gasteiger partial charge in [0.1, 0.15) is 28.2 Å². The summed E-state index contributed by atoms with van der Waals surface area (Å²) in [6, 6.07) is 50.5. The Morgan fingerprint density at radius 3 is 1.33 bits per heavy atom. The number of hydrogen-bond donors (Lipinski definition) is 0. The van der Waals surface area contributed by atoms with Crippen molar-refractivity contribution in [1.82, 2.24) is 0 Å². The van der Waals surface area contributed by atoms with E-state index in [1.807, 2.05) is 61.1 Å². The lowest BCUT2D eigenvalue weighted by Gasteiger charge is -2.09. The molecule has 4 heterocycles. The van der Waals surface area contributed by atoms with Crippen molar-refractivity contribution in [3.05, 3.63) is 215 Å². The minimum absolute atomic E-state index is 0.499. The van der Waals surface area contributed by atoms with Gasteiger partial charge in [-0.1, -0.05) is 94.7 Å². The Kier molecular flexibility index (Phi) is 16.3. The number of hydrogen-bond acceptors (Lipinski definition) is 0. The first-order valence-corrected chi connectivity index (χ1v) is 23.3. The van der Waals surface area contributed by atoms with Crippen molar-refractivity contribution in [2.24, 2.45) is 34.1 Å². The largest absolute Gasteiger partial charge is 0.212 e. The molecule has 0 aliphatic heterocycles. The van der Waals surface area contributed by atoms with Gasteiger partial charge in [-0.3, -0.25) is 0 Å². The molecule has 0 amide bonds. The molecule has 0 N–H and O–H groups in total. The molecule has 8 rings (SSSR count). The summed E-state index contributed by atoms with van der Waals surface area (Å²) in [6.45, 7) is 16.5. The molecule has 0 bridgehead atoms. The summed E-state index contributed by atoms with van der Waals surface area (Å²) in [7, 11) is 8.18. The summed E-state index contributed by atoms with van der Waals surface area (Å²) in [6.07, 6.45) is 10.3. The molecule has 4 nitrogen and oxygen atoms in total. The Morgan fingerprint density at radius 2 is 0.879 bits per heavy atom. The Bertz CT molecular complexity index is 3000. The number of aromatic nitrogens is 4. The van der Waals surface area contributed by atoms with Gasteiger partial charge in [0.05, 0.1) is 0 Å². The van der Waals surface area contributed by atoms with Crippen LogP contribution in [0.2, 0.25) is 0 Å². The maximum atomic E-state index is 8.23. The smallest absolute Gasteiger partial charge is 0.201 e. The molecule has 0 aliphatic rings. The first kappa shape index (κ1) is 44.7. The molecule has 8 aromatic rings. The molecular weight excluding hydrogens is 801 g/mol. The third-order valence-corrected chi connectivity index (χ3v) is 12.0. The first-order chi connectivity index (χ1) is 33.1. The number of rotatable bonds is 8. The number of pyridine rings is 4. The molecule has 66 heavy (non-hydrogen) atoms. The van der Waals surface area contributed by atoms with Crippen molar-refractivity contribution in [2.45, 2.75) is 87.9 Å². The van der Waals surface area contributed by atoms with Crippen LogP contribution < -0.4 is 18.3 Å². The van der Waals surface area contributed by atoms with E-state index in [-0.39, 0.29) is 0 Å². The average molecular weight is 881 g/mol. The standard InChI is InChI=1S/C17H22N.C16H20N.C15H18N.C14H16N/c1-13(2)11-15-8-9-16(14(3)12-15)17-7-5-6-10-18(17)4;1-12(2)14-9-10-17(4)16(11-14)15-8-6-5-7-13(15)3;1-4-13-8-9-14(12(2)11-13)15-7-5-6-10-16(15)3;1-11-7-8-13(12(2)10-11)14-6-4-5-9-15(14)3/h5-10,12-13H,11H2,1-4H3;5-12H,1-4H3;5-11H,4H2,1-3H3;4-10H,1-3H3/q4*+1/i;1D3,12D;;. The maximum Gasteiger partial charge on any atom is 0.212 e. The van der Waals surface area contributed by atoms with E-state index in [9.17, 15) is 0 Å². The second-order valence-corrected chi connectivity index (χ2v) is 18.0. The zero-order chi connectivity index (χ0) is 51.3. The Labute approximate surface area is 404 Å². The van der Waals surface area contributed by atoms with Crippen LogP contribution in [0.25, 0.3) is 45.0 Å². The van der Waals surface area contributed by atoms with Gasteiger partial charge in [0.2, 0.25) is 22.8 Å². The molecule has 4 heteroatoms. The van der Waals surface area contributed by atoms with Crippen LogP contribution in [0.5, 0.6) is 0 Å². The van der Waals surface area contributed by atoms with Crippen LogP contribution in [0.4, 0.5) is 0 Å². The summed E-state index contributed by atoms with van der Waals surface area (Å²) < 4.78 is 39.4. The second kappa shape index (κ2) is 24.1. The minimum Gasteiger partial charge on any atom is -0.201 e. The maximum absolute atomic E-state index is 8.23. The first-order valence-electron chi connectivity index (χ1n) is 25.3. The second-order valence-electron chi connectivity index (χ2n) is 18.0. The van der Waals surface area contributed by atoms with Crippen LogP contribution >= 0.6 is 0 Å². The lowest BCUT2D eigenvalue weighted by atomic mass is 9.97. The Balaban J connectivity index is 0.000000175. The van der Waals surface area contributed by atoms with Crippen LogP contribution in [0.1, 0.15) is 90.4 Å². The molecule has 0 spiro atoms. The summed E-state index contributed by atoms with van der Waals surface area (Å²) in [5.41, 5.74) is 19.5. The van der Waals surface area contributed by atoms with Crippen LogP contribution in [-0.2, 0) is 41.0 Å². The van der Waals surface area contributed by atoms with Gasteiger partial charge in [-0.25, -0.2) is 18.3 Å². The van der Waals surface area contributed by atoms with E-state index in [0.717, 1.165) is 29.7 Å². The van der Waals surface area contributed by atoms with Crippen molar-refractivity contribution >= 4 is 0 Å².